The number of aldehydes is 1. The van der Waals surface area contributed by atoms with E-state index in [0.29, 0.717) is 0 Å². The van der Waals surface area contributed by atoms with E-state index in [9.17, 15) is 4.79 Å². The first-order valence-corrected chi connectivity index (χ1v) is 6.45. The summed E-state index contributed by atoms with van der Waals surface area (Å²) in [6.07, 6.45) is 2.83. The summed E-state index contributed by atoms with van der Waals surface area (Å²) in [4.78, 5) is 11.8. The molecule has 0 aliphatic carbocycles. The molecule has 0 fully saturated rings. The van der Waals surface area contributed by atoms with Crippen molar-refractivity contribution in [3.63, 3.8) is 0 Å². The van der Waals surface area contributed by atoms with Gasteiger partial charge in [-0.3, -0.25) is 4.79 Å². The molecule has 1 heterocycles. The van der Waals surface area contributed by atoms with Crippen molar-refractivity contribution in [3.05, 3.63) is 28.1 Å². The number of carbonyl (C=O) groups excluding carboxylic acids is 1. The Kier molecular flexibility index (Phi) is 2.81. The topological polar surface area (TPSA) is 17.1 Å². The van der Waals surface area contributed by atoms with Crippen LogP contribution in [-0.2, 0) is 0 Å². The molecule has 1 aromatic heterocycles. The summed E-state index contributed by atoms with van der Waals surface area (Å²) in [5.74, 6) is 0. The standard InChI is InChI=1S/C10H7ClOS2/c1-13-8-4-6(5-12)7-2-3-14-10(7)9(8)11/h2-5H,1H3. The highest BCUT2D eigenvalue weighted by Gasteiger charge is 2.10. The van der Waals surface area contributed by atoms with Gasteiger partial charge in [0.25, 0.3) is 0 Å². The van der Waals surface area contributed by atoms with Crippen LogP contribution >= 0.6 is 34.7 Å². The Morgan fingerprint density at radius 2 is 2.36 bits per heavy atom. The minimum atomic E-state index is 0.718. The minimum absolute atomic E-state index is 0.718. The third-order valence-electron chi connectivity index (χ3n) is 2.03. The van der Waals surface area contributed by atoms with Crippen molar-refractivity contribution in [2.75, 3.05) is 6.26 Å². The van der Waals surface area contributed by atoms with Gasteiger partial charge in [-0.25, -0.2) is 0 Å². The number of benzene rings is 1. The Bertz CT molecular complexity index is 490. The number of halogens is 1. The maximum atomic E-state index is 10.9. The molecule has 1 nitrogen and oxygen atoms in total. The molecule has 0 aliphatic heterocycles. The fraction of sp³-hybridized carbons (Fsp3) is 0.100. The molecule has 0 saturated carbocycles. The Morgan fingerprint density at radius 1 is 1.57 bits per heavy atom. The Balaban J connectivity index is 2.86. The maximum Gasteiger partial charge on any atom is 0.150 e. The Labute approximate surface area is 95.1 Å². The molecule has 0 N–H and O–H groups in total. The lowest BCUT2D eigenvalue weighted by Gasteiger charge is -2.03. The van der Waals surface area contributed by atoms with Gasteiger partial charge in [-0.05, 0) is 23.8 Å². The molecule has 4 heteroatoms. The van der Waals surface area contributed by atoms with Crippen molar-refractivity contribution in [1.29, 1.82) is 0 Å². The molecule has 0 aliphatic rings. The predicted molar refractivity (Wildman–Crippen MR) is 64.0 cm³/mol. The molecular formula is C10H7ClOS2. The first-order chi connectivity index (χ1) is 6.77. The van der Waals surface area contributed by atoms with Crippen molar-refractivity contribution in [3.8, 4) is 0 Å². The quantitative estimate of drug-likeness (QED) is 0.583. The first kappa shape index (κ1) is 10.0. The summed E-state index contributed by atoms with van der Waals surface area (Å²) in [7, 11) is 0. The number of carbonyl (C=O) groups is 1. The lowest BCUT2D eigenvalue weighted by atomic mass is 10.1. The third-order valence-corrected chi connectivity index (χ3v) is 4.34. The van der Waals surface area contributed by atoms with Gasteiger partial charge in [0.2, 0.25) is 0 Å². The molecule has 14 heavy (non-hydrogen) atoms. The van der Waals surface area contributed by atoms with Gasteiger partial charge in [0, 0.05) is 15.8 Å². The number of thiophene rings is 1. The van der Waals surface area contributed by atoms with Crippen LogP contribution in [0.2, 0.25) is 5.02 Å². The number of thioether (sulfide) groups is 1. The van der Waals surface area contributed by atoms with E-state index in [-0.39, 0.29) is 0 Å². The van der Waals surface area contributed by atoms with Crippen LogP contribution in [0.3, 0.4) is 0 Å². The van der Waals surface area contributed by atoms with Gasteiger partial charge >= 0.3 is 0 Å². The largest absolute Gasteiger partial charge is 0.298 e. The van der Waals surface area contributed by atoms with Crippen molar-refractivity contribution in [2.45, 2.75) is 4.90 Å². The van der Waals surface area contributed by atoms with Crippen molar-refractivity contribution >= 4 is 51.1 Å². The second kappa shape index (κ2) is 3.93. The van der Waals surface area contributed by atoms with Crippen molar-refractivity contribution in [2.24, 2.45) is 0 Å². The van der Waals surface area contributed by atoms with Gasteiger partial charge in [-0.2, -0.15) is 0 Å². The molecule has 2 aromatic rings. The summed E-state index contributed by atoms with van der Waals surface area (Å²) in [6, 6.07) is 3.77. The van der Waals surface area contributed by atoms with Gasteiger partial charge in [0.15, 0.2) is 6.29 Å². The molecule has 1 aromatic carbocycles. The molecule has 0 bridgehead atoms. The summed E-state index contributed by atoms with van der Waals surface area (Å²) in [5.41, 5.74) is 0.718. The van der Waals surface area contributed by atoms with E-state index >= 15 is 0 Å². The fourth-order valence-electron chi connectivity index (χ4n) is 1.35. The van der Waals surface area contributed by atoms with E-state index in [1.807, 2.05) is 23.8 Å². The monoisotopic (exact) mass is 242 g/mol. The second-order valence-electron chi connectivity index (χ2n) is 2.76. The smallest absolute Gasteiger partial charge is 0.150 e. The highest BCUT2D eigenvalue weighted by atomic mass is 35.5. The van der Waals surface area contributed by atoms with Crippen molar-refractivity contribution in [1.82, 2.24) is 0 Å². The van der Waals surface area contributed by atoms with E-state index < -0.39 is 0 Å². The number of hydrogen-bond donors (Lipinski definition) is 0. The van der Waals surface area contributed by atoms with Crippen LogP contribution in [0, 0.1) is 0 Å². The average Bonchev–Trinajstić information content (AvgIpc) is 2.68. The summed E-state index contributed by atoms with van der Waals surface area (Å²) < 4.78 is 1.00. The van der Waals surface area contributed by atoms with E-state index in [1.54, 1.807) is 23.1 Å². The highest BCUT2D eigenvalue weighted by molar-refractivity contribution is 7.98. The van der Waals surface area contributed by atoms with E-state index in [1.165, 1.54) is 0 Å². The van der Waals surface area contributed by atoms with E-state index in [2.05, 4.69) is 0 Å². The Hall–Kier alpha value is -0.510. The zero-order valence-electron chi connectivity index (χ0n) is 7.41. The van der Waals surface area contributed by atoms with Crippen LogP contribution in [0.5, 0.6) is 0 Å². The molecule has 0 unspecified atom stereocenters. The van der Waals surface area contributed by atoms with Crippen LogP contribution < -0.4 is 0 Å². The fourth-order valence-corrected chi connectivity index (χ4v) is 3.33. The molecule has 72 valence electrons. The van der Waals surface area contributed by atoms with Gasteiger partial charge in [-0.15, -0.1) is 23.1 Å². The number of fused-ring (bicyclic) bond motifs is 1. The second-order valence-corrected chi connectivity index (χ2v) is 4.91. The lowest BCUT2D eigenvalue weighted by molar-refractivity contribution is 0.112. The summed E-state index contributed by atoms with van der Waals surface area (Å²) in [5, 5.41) is 3.66. The zero-order valence-corrected chi connectivity index (χ0v) is 9.80. The molecule has 0 radical (unpaired) electrons. The number of hydrogen-bond acceptors (Lipinski definition) is 3. The summed E-state index contributed by atoms with van der Waals surface area (Å²) >= 11 is 9.31. The van der Waals surface area contributed by atoms with Gasteiger partial charge < -0.3 is 0 Å². The molecule has 2 rings (SSSR count). The SMILES string of the molecule is CSc1cc(C=O)c2ccsc2c1Cl. The van der Waals surface area contributed by atoms with Crippen LogP contribution in [0.1, 0.15) is 10.4 Å². The van der Waals surface area contributed by atoms with Crippen molar-refractivity contribution < 1.29 is 4.79 Å². The van der Waals surface area contributed by atoms with Crippen LogP contribution in [0.25, 0.3) is 10.1 Å². The highest BCUT2D eigenvalue weighted by Crippen LogP contribution is 2.37. The minimum Gasteiger partial charge on any atom is -0.298 e. The third kappa shape index (κ3) is 1.45. The molecule has 0 amide bonds. The average molecular weight is 243 g/mol. The zero-order chi connectivity index (χ0) is 10.1. The van der Waals surface area contributed by atoms with Gasteiger partial charge in [-0.1, -0.05) is 11.6 Å². The van der Waals surface area contributed by atoms with Gasteiger partial charge in [0.1, 0.15) is 0 Å². The van der Waals surface area contributed by atoms with Crippen LogP contribution in [0.15, 0.2) is 22.4 Å². The van der Waals surface area contributed by atoms with Crippen LogP contribution in [-0.4, -0.2) is 12.5 Å². The van der Waals surface area contributed by atoms with Gasteiger partial charge in [0.05, 0.1) is 9.72 Å². The number of rotatable bonds is 2. The maximum absolute atomic E-state index is 10.9. The van der Waals surface area contributed by atoms with E-state index in [0.717, 1.165) is 31.9 Å². The molecule has 0 spiro atoms. The molecular weight excluding hydrogens is 236 g/mol. The van der Waals surface area contributed by atoms with E-state index in [4.69, 9.17) is 11.6 Å². The summed E-state index contributed by atoms with van der Waals surface area (Å²) in [6.45, 7) is 0. The normalized spacial score (nSPS) is 10.7. The predicted octanol–water partition coefficient (Wildman–Crippen LogP) is 4.09. The lowest BCUT2D eigenvalue weighted by Crippen LogP contribution is -1.83. The van der Waals surface area contributed by atoms with Crippen LogP contribution in [0.4, 0.5) is 0 Å². The Morgan fingerprint density at radius 3 is 3.00 bits per heavy atom. The molecule has 0 atom stereocenters. The first-order valence-electron chi connectivity index (χ1n) is 3.96. The molecule has 0 saturated heterocycles.